The van der Waals surface area contributed by atoms with E-state index in [2.05, 4.69) is 13.8 Å². The Balaban J connectivity index is 0.867. The highest BCUT2D eigenvalue weighted by atomic mass is 16.6. The number of aliphatic hydroxyl groups excluding tert-OH is 1. The van der Waals surface area contributed by atoms with Crippen LogP contribution in [0.2, 0.25) is 0 Å². The fourth-order valence-electron chi connectivity index (χ4n) is 10.2. The summed E-state index contributed by atoms with van der Waals surface area (Å²) in [5.74, 6) is -0.127. The number of hydrogen-bond donors (Lipinski definition) is 1. The van der Waals surface area contributed by atoms with Gasteiger partial charge in [-0.2, -0.15) is 0 Å². The van der Waals surface area contributed by atoms with Crippen LogP contribution in [0.4, 0.5) is 0 Å². The van der Waals surface area contributed by atoms with Gasteiger partial charge in [0.1, 0.15) is 11.7 Å². The first-order valence-corrected chi connectivity index (χ1v) is 17.8. The zero-order valence-corrected chi connectivity index (χ0v) is 26.8. The van der Waals surface area contributed by atoms with E-state index in [-0.39, 0.29) is 97.5 Å². The molecular formula is C34H50O11. The number of esters is 1. The highest BCUT2D eigenvalue weighted by Gasteiger charge is 2.58. The third-order valence-electron chi connectivity index (χ3n) is 12.8. The second-order valence-electron chi connectivity index (χ2n) is 15.9. The zero-order chi connectivity index (χ0) is 30.7. The van der Waals surface area contributed by atoms with Gasteiger partial charge in [0, 0.05) is 44.9 Å². The van der Waals surface area contributed by atoms with Crippen LogP contribution < -0.4 is 0 Å². The first-order valence-electron chi connectivity index (χ1n) is 17.8. The molecule has 0 aromatic rings. The largest absolute Gasteiger partial charge is 0.459 e. The Hall–Kier alpha value is -0.890. The molecule has 9 aliphatic rings. The zero-order valence-electron chi connectivity index (χ0n) is 26.8. The minimum Gasteiger partial charge on any atom is -0.459 e. The molecule has 9 saturated heterocycles. The molecule has 0 radical (unpaired) electrons. The molecule has 11 nitrogen and oxygen atoms in total. The van der Waals surface area contributed by atoms with Crippen LogP contribution in [0.5, 0.6) is 0 Å². The van der Waals surface area contributed by atoms with Gasteiger partial charge in [-0.25, -0.2) is 0 Å². The number of fused-ring (bicyclic) bond motifs is 8. The van der Waals surface area contributed by atoms with Crippen molar-refractivity contribution in [2.45, 2.75) is 207 Å². The molecule has 11 heteroatoms. The number of aliphatic hydroxyl groups is 1. The van der Waals surface area contributed by atoms with E-state index in [1.807, 2.05) is 6.92 Å². The molecule has 0 aromatic carbocycles. The SMILES string of the molecule is C[C@H]1O[C@H]2C[C@H]3O[C@@]4(C)C[C@H]5O[C@H]6C[C@H]7O[C@H]8CC[C@H]9OC(=O)CC[C@]9(C)O[C@@H]8C[C@@H]7O[C@@H]6C[C@@H]5O[C@@H]4CC[C@@H]3O[C@@H]2C[C@@H]1O. The summed E-state index contributed by atoms with van der Waals surface area (Å²) in [7, 11) is 0. The quantitative estimate of drug-likeness (QED) is 0.396. The minimum absolute atomic E-state index is 0.0243. The topological polar surface area (TPSA) is 120 Å². The first-order chi connectivity index (χ1) is 21.6. The van der Waals surface area contributed by atoms with Crippen LogP contribution in [0.1, 0.15) is 97.8 Å². The van der Waals surface area contributed by atoms with E-state index in [1.165, 1.54) is 0 Å². The number of ether oxygens (including phenoxy) is 9. The van der Waals surface area contributed by atoms with Crippen molar-refractivity contribution in [2.75, 3.05) is 0 Å². The van der Waals surface area contributed by atoms with E-state index < -0.39 is 17.3 Å². The molecule has 18 atom stereocenters. The summed E-state index contributed by atoms with van der Waals surface area (Å²) in [6.45, 7) is 6.21. The monoisotopic (exact) mass is 634 g/mol. The van der Waals surface area contributed by atoms with Gasteiger partial charge in [-0.05, 0) is 52.9 Å². The summed E-state index contributed by atoms with van der Waals surface area (Å²) in [6, 6.07) is 0. The molecule has 1 N–H and O–H groups in total. The van der Waals surface area contributed by atoms with E-state index in [1.54, 1.807) is 0 Å². The lowest BCUT2D eigenvalue weighted by molar-refractivity contribution is -0.325. The number of rotatable bonds is 0. The molecule has 0 saturated carbocycles. The van der Waals surface area contributed by atoms with E-state index in [4.69, 9.17) is 42.6 Å². The third-order valence-corrected chi connectivity index (χ3v) is 12.8. The summed E-state index contributed by atoms with van der Waals surface area (Å²) in [4.78, 5) is 12.0. The average Bonchev–Trinajstić information content (AvgIpc) is 3.22. The highest BCUT2D eigenvalue weighted by Crippen LogP contribution is 2.49. The smallest absolute Gasteiger partial charge is 0.306 e. The van der Waals surface area contributed by atoms with E-state index >= 15 is 0 Å². The Morgan fingerprint density at radius 1 is 0.578 bits per heavy atom. The molecule has 9 fully saturated rings. The van der Waals surface area contributed by atoms with Gasteiger partial charge in [-0.3, -0.25) is 4.79 Å². The third kappa shape index (κ3) is 5.22. The van der Waals surface area contributed by atoms with Crippen molar-refractivity contribution in [1.82, 2.24) is 0 Å². The molecule has 45 heavy (non-hydrogen) atoms. The molecular weight excluding hydrogens is 584 g/mol. The molecule has 9 aliphatic heterocycles. The Morgan fingerprint density at radius 3 is 1.78 bits per heavy atom. The fourth-order valence-corrected chi connectivity index (χ4v) is 10.2. The van der Waals surface area contributed by atoms with Gasteiger partial charge in [-0.15, -0.1) is 0 Å². The van der Waals surface area contributed by atoms with Crippen LogP contribution >= 0.6 is 0 Å². The summed E-state index contributed by atoms with van der Waals surface area (Å²) < 4.78 is 59.2. The lowest BCUT2D eigenvalue weighted by atomic mass is 9.80. The molecule has 0 amide bonds. The molecule has 0 unspecified atom stereocenters. The van der Waals surface area contributed by atoms with E-state index in [0.717, 1.165) is 57.8 Å². The lowest BCUT2D eigenvalue weighted by Crippen LogP contribution is -2.65. The Bertz CT molecular complexity index is 1150. The predicted molar refractivity (Wildman–Crippen MR) is 155 cm³/mol. The van der Waals surface area contributed by atoms with E-state index in [0.29, 0.717) is 19.3 Å². The van der Waals surface area contributed by atoms with Crippen LogP contribution in [0.3, 0.4) is 0 Å². The average molecular weight is 635 g/mol. The summed E-state index contributed by atoms with van der Waals surface area (Å²) in [6.07, 6.45) is 7.27. The van der Waals surface area contributed by atoms with Gasteiger partial charge >= 0.3 is 5.97 Å². The fraction of sp³-hybridized carbons (Fsp3) is 0.971. The van der Waals surface area contributed by atoms with Gasteiger partial charge in [0.15, 0.2) is 0 Å². The highest BCUT2D eigenvalue weighted by molar-refractivity contribution is 5.70. The Kier molecular flexibility index (Phi) is 7.42. The van der Waals surface area contributed by atoms with Crippen molar-refractivity contribution in [2.24, 2.45) is 0 Å². The van der Waals surface area contributed by atoms with Crippen LogP contribution in [0, 0.1) is 0 Å². The van der Waals surface area contributed by atoms with Crippen LogP contribution in [0.25, 0.3) is 0 Å². The van der Waals surface area contributed by atoms with Crippen molar-refractivity contribution >= 4 is 5.97 Å². The molecule has 0 aliphatic carbocycles. The Labute approximate surface area is 265 Å². The molecule has 252 valence electrons. The second kappa shape index (κ2) is 11.1. The van der Waals surface area contributed by atoms with Crippen molar-refractivity contribution < 1.29 is 52.5 Å². The van der Waals surface area contributed by atoms with Crippen molar-refractivity contribution in [3.8, 4) is 0 Å². The normalized spacial score (nSPS) is 59.1. The van der Waals surface area contributed by atoms with Crippen molar-refractivity contribution in [1.29, 1.82) is 0 Å². The molecule has 9 rings (SSSR count). The van der Waals surface area contributed by atoms with Crippen LogP contribution in [-0.4, -0.2) is 120 Å². The first kappa shape index (κ1) is 30.2. The number of carbonyl (C=O) groups is 1. The maximum atomic E-state index is 12.0. The van der Waals surface area contributed by atoms with Gasteiger partial charge in [0.25, 0.3) is 0 Å². The van der Waals surface area contributed by atoms with Gasteiger partial charge < -0.3 is 47.7 Å². The maximum absolute atomic E-state index is 12.0. The molecule has 0 bridgehead atoms. The van der Waals surface area contributed by atoms with Crippen LogP contribution in [-0.2, 0) is 47.4 Å². The molecule has 0 aromatic heterocycles. The number of carbonyl (C=O) groups excluding carboxylic acids is 1. The van der Waals surface area contributed by atoms with Crippen molar-refractivity contribution in [3.05, 3.63) is 0 Å². The number of hydrogen-bond acceptors (Lipinski definition) is 11. The van der Waals surface area contributed by atoms with Crippen molar-refractivity contribution in [3.63, 3.8) is 0 Å². The van der Waals surface area contributed by atoms with Gasteiger partial charge in [-0.1, -0.05) is 0 Å². The van der Waals surface area contributed by atoms with Crippen LogP contribution in [0.15, 0.2) is 0 Å². The molecule has 9 heterocycles. The summed E-state index contributed by atoms with van der Waals surface area (Å²) in [5.41, 5.74) is -0.956. The van der Waals surface area contributed by atoms with E-state index in [9.17, 15) is 9.90 Å². The minimum atomic E-state index is -0.492. The predicted octanol–water partition coefficient (Wildman–Crippen LogP) is 2.89. The standard InChI is InChI=1S/C34H50O11/c1-16-17(35)10-20-21(37-16)13-28-19(38-20)5-7-31-34(3,45-28)15-29-26(42-31)12-23-24(41-29)11-22-25(40-23)14-27-18(39-22)4-6-30-33(2,44-27)9-8-32(36)43-30/h16-31,35H,4-15H2,1-3H3/t16-,17+,18+,19+,20-,21+,22-,23-,24+,25+,26+,27-,28-,29-,30-,31-,33+,34+/m1/s1. The Morgan fingerprint density at radius 2 is 1.09 bits per heavy atom. The molecule has 0 spiro atoms. The lowest BCUT2D eigenvalue weighted by Gasteiger charge is -2.55. The second-order valence-corrected chi connectivity index (χ2v) is 15.9. The van der Waals surface area contributed by atoms with Gasteiger partial charge in [0.2, 0.25) is 0 Å². The van der Waals surface area contributed by atoms with Gasteiger partial charge in [0.05, 0.1) is 97.2 Å². The summed E-state index contributed by atoms with van der Waals surface area (Å²) in [5, 5.41) is 10.4. The summed E-state index contributed by atoms with van der Waals surface area (Å²) >= 11 is 0. The maximum Gasteiger partial charge on any atom is 0.306 e.